The number of carbonyl (C=O) groups excluding carboxylic acids is 1. The van der Waals surface area contributed by atoms with Crippen LogP contribution in [0.15, 0.2) is 18.3 Å². The molecule has 0 aliphatic carbocycles. The third-order valence-corrected chi connectivity index (χ3v) is 2.78. The highest BCUT2D eigenvalue weighted by molar-refractivity contribution is 5.92. The van der Waals surface area contributed by atoms with Crippen molar-refractivity contribution in [2.75, 3.05) is 6.54 Å². The molecule has 0 unspecified atom stereocenters. The number of fused-ring (bicyclic) bond motifs is 1. The van der Waals surface area contributed by atoms with E-state index in [2.05, 4.69) is 29.2 Å². The van der Waals surface area contributed by atoms with Gasteiger partial charge in [0.1, 0.15) is 5.69 Å². The van der Waals surface area contributed by atoms with Crippen LogP contribution in [0, 0.1) is 12.8 Å². The van der Waals surface area contributed by atoms with Crippen LogP contribution in [0.1, 0.15) is 36.5 Å². The number of nitrogens with one attached hydrogen (secondary N) is 1. The van der Waals surface area contributed by atoms with Gasteiger partial charge in [-0.3, -0.25) is 4.79 Å². The van der Waals surface area contributed by atoms with Crippen LogP contribution in [0.5, 0.6) is 0 Å². The normalized spacial score (nSPS) is 11.1. The fourth-order valence-corrected chi connectivity index (χ4v) is 1.75. The molecule has 0 bridgehead atoms. The van der Waals surface area contributed by atoms with E-state index in [-0.39, 0.29) is 5.91 Å². The number of aryl methyl sites for hydroxylation is 1. The molecule has 0 radical (unpaired) electrons. The third kappa shape index (κ3) is 2.67. The van der Waals surface area contributed by atoms with Crippen molar-refractivity contribution in [3.8, 4) is 0 Å². The standard InChI is InChI=1S/C13H18N4O/c1-9(2)4-6-14-13(18)11-8-10(3)17-12(16-11)5-7-15-17/h5,7-9H,4,6H2,1-3H3,(H,14,18). The van der Waals surface area contributed by atoms with E-state index in [1.54, 1.807) is 22.8 Å². The van der Waals surface area contributed by atoms with Gasteiger partial charge >= 0.3 is 0 Å². The quantitative estimate of drug-likeness (QED) is 0.895. The fraction of sp³-hybridized carbons (Fsp3) is 0.462. The predicted molar refractivity (Wildman–Crippen MR) is 69.5 cm³/mol. The molecule has 18 heavy (non-hydrogen) atoms. The van der Waals surface area contributed by atoms with Crippen LogP contribution in [0.3, 0.4) is 0 Å². The SMILES string of the molecule is Cc1cc(C(=O)NCCC(C)C)nc2ccnn12. The molecule has 0 saturated heterocycles. The third-order valence-electron chi connectivity index (χ3n) is 2.78. The van der Waals surface area contributed by atoms with Gasteiger partial charge in [-0.05, 0) is 25.3 Å². The van der Waals surface area contributed by atoms with E-state index in [9.17, 15) is 4.79 Å². The lowest BCUT2D eigenvalue weighted by Crippen LogP contribution is -2.26. The molecule has 0 aliphatic heterocycles. The Morgan fingerprint density at radius 1 is 1.50 bits per heavy atom. The van der Waals surface area contributed by atoms with E-state index in [1.807, 2.05) is 6.92 Å². The van der Waals surface area contributed by atoms with Gasteiger partial charge in [0.25, 0.3) is 5.91 Å². The number of nitrogens with zero attached hydrogens (tertiary/aromatic N) is 3. The van der Waals surface area contributed by atoms with Gasteiger partial charge in [0, 0.05) is 18.3 Å². The number of aromatic nitrogens is 3. The van der Waals surface area contributed by atoms with Gasteiger partial charge < -0.3 is 5.32 Å². The molecule has 2 aromatic rings. The highest BCUT2D eigenvalue weighted by Gasteiger charge is 2.10. The van der Waals surface area contributed by atoms with Gasteiger partial charge in [0.05, 0.1) is 6.20 Å². The highest BCUT2D eigenvalue weighted by atomic mass is 16.1. The molecule has 0 saturated carbocycles. The first-order valence-corrected chi connectivity index (χ1v) is 6.17. The van der Waals surface area contributed by atoms with E-state index in [4.69, 9.17) is 0 Å². The number of amides is 1. The zero-order valence-electron chi connectivity index (χ0n) is 11.0. The van der Waals surface area contributed by atoms with Crippen LogP contribution in [0.25, 0.3) is 5.65 Å². The van der Waals surface area contributed by atoms with Gasteiger partial charge in [-0.25, -0.2) is 9.50 Å². The summed E-state index contributed by atoms with van der Waals surface area (Å²) in [5.41, 5.74) is 2.05. The second kappa shape index (κ2) is 5.16. The maximum atomic E-state index is 11.9. The van der Waals surface area contributed by atoms with E-state index in [0.717, 1.165) is 12.1 Å². The summed E-state index contributed by atoms with van der Waals surface area (Å²) in [5, 5.41) is 7.01. The molecule has 0 atom stereocenters. The molecule has 2 aromatic heterocycles. The summed E-state index contributed by atoms with van der Waals surface area (Å²) in [7, 11) is 0. The molecule has 2 rings (SSSR count). The van der Waals surface area contributed by atoms with Crippen molar-refractivity contribution in [2.45, 2.75) is 27.2 Å². The average Bonchev–Trinajstić information content (AvgIpc) is 2.76. The smallest absolute Gasteiger partial charge is 0.270 e. The first kappa shape index (κ1) is 12.5. The summed E-state index contributed by atoms with van der Waals surface area (Å²) in [6.07, 6.45) is 2.65. The van der Waals surface area contributed by atoms with E-state index in [1.165, 1.54) is 0 Å². The summed E-state index contributed by atoms with van der Waals surface area (Å²) in [4.78, 5) is 16.2. The topological polar surface area (TPSA) is 59.3 Å². The monoisotopic (exact) mass is 246 g/mol. The zero-order valence-corrected chi connectivity index (χ0v) is 11.0. The van der Waals surface area contributed by atoms with Crippen LogP contribution in [0.4, 0.5) is 0 Å². The number of hydrogen-bond donors (Lipinski definition) is 1. The van der Waals surface area contributed by atoms with Crippen molar-refractivity contribution in [3.05, 3.63) is 29.7 Å². The Morgan fingerprint density at radius 3 is 3.00 bits per heavy atom. The summed E-state index contributed by atoms with van der Waals surface area (Å²) < 4.78 is 1.71. The lowest BCUT2D eigenvalue weighted by molar-refractivity contribution is 0.0947. The van der Waals surface area contributed by atoms with Crippen molar-refractivity contribution < 1.29 is 4.79 Å². The number of carbonyl (C=O) groups is 1. The summed E-state index contributed by atoms with van der Waals surface area (Å²) in [5.74, 6) is 0.458. The molecule has 5 heteroatoms. The van der Waals surface area contributed by atoms with Gasteiger partial charge in [-0.15, -0.1) is 0 Å². The van der Waals surface area contributed by atoms with Gasteiger partial charge in [0.2, 0.25) is 0 Å². The van der Waals surface area contributed by atoms with Crippen molar-refractivity contribution in [2.24, 2.45) is 5.92 Å². The molecule has 96 valence electrons. The molecule has 5 nitrogen and oxygen atoms in total. The van der Waals surface area contributed by atoms with Crippen LogP contribution in [-0.4, -0.2) is 27.0 Å². The van der Waals surface area contributed by atoms with E-state index >= 15 is 0 Å². The molecule has 0 fully saturated rings. The Morgan fingerprint density at radius 2 is 2.28 bits per heavy atom. The molecular weight excluding hydrogens is 228 g/mol. The van der Waals surface area contributed by atoms with E-state index in [0.29, 0.717) is 23.8 Å². The van der Waals surface area contributed by atoms with Gasteiger partial charge in [0.15, 0.2) is 5.65 Å². The van der Waals surface area contributed by atoms with Crippen molar-refractivity contribution in [1.82, 2.24) is 19.9 Å². The van der Waals surface area contributed by atoms with Crippen LogP contribution in [0.2, 0.25) is 0 Å². The Bertz CT molecular complexity index is 559. The summed E-state index contributed by atoms with van der Waals surface area (Å²) in [6, 6.07) is 3.54. The first-order valence-electron chi connectivity index (χ1n) is 6.17. The van der Waals surface area contributed by atoms with Crippen molar-refractivity contribution in [1.29, 1.82) is 0 Å². The van der Waals surface area contributed by atoms with Gasteiger partial charge in [-0.1, -0.05) is 13.8 Å². The molecule has 0 aromatic carbocycles. The number of rotatable bonds is 4. The number of hydrogen-bond acceptors (Lipinski definition) is 3. The first-order chi connectivity index (χ1) is 8.58. The summed E-state index contributed by atoms with van der Waals surface area (Å²) >= 11 is 0. The Kier molecular flexibility index (Phi) is 3.60. The molecule has 0 aliphatic rings. The lowest BCUT2D eigenvalue weighted by Gasteiger charge is -2.07. The highest BCUT2D eigenvalue weighted by Crippen LogP contribution is 2.06. The molecular formula is C13H18N4O. The second-order valence-corrected chi connectivity index (χ2v) is 4.82. The largest absolute Gasteiger partial charge is 0.351 e. The Labute approximate surface area is 106 Å². The van der Waals surface area contributed by atoms with E-state index < -0.39 is 0 Å². The Hall–Kier alpha value is -1.91. The minimum Gasteiger partial charge on any atom is -0.351 e. The van der Waals surface area contributed by atoms with Crippen LogP contribution in [-0.2, 0) is 0 Å². The predicted octanol–water partition coefficient (Wildman–Crippen LogP) is 1.81. The maximum Gasteiger partial charge on any atom is 0.270 e. The van der Waals surface area contributed by atoms with Crippen molar-refractivity contribution in [3.63, 3.8) is 0 Å². The van der Waals surface area contributed by atoms with Crippen LogP contribution >= 0.6 is 0 Å². The fourth-order valence-electron chi connectivity index (χ4n) is 1.75. The van der Waals surface area contributed by atoms with Crippen LogP contribution < -0.4 is 5.32 Å². The molecule has 1 N–H and O–H groups in total. The van der Waals surface area contributed by atoms with Crippen molar-refractivity contribution >= 4 is 11.6 Å². The molecule has 1 amide bonds. The average molecular weight is 246 g/mol. The second-order valence-electron chi connectivity index (χ2n) is 4.82. The minimum atomic E-state index is -0.123. The minimum absolute atomic E-state index is 0.123. The Balaban J connectivity index is 2.12. The zero-order chi connectivity index (χ0) is 13.1. The summed E-state index contributed by atoms with van der Waals surface area (Å²) in [6.45, 7) is 6.86. The lowest BCUT2D eigenvalue weighted by atomic mass is 10.1. The molecule has 0 spiro atoms. The van der Waals surface area contributed by atoms with Gasteiger partial charge in [-0.2, -0.15) is 5.10 Å². The molecule has 2 heterocycles. The maximum absolute atomic E-state index is 11.9.